The maximum atomic E-state index is 10.9. The second-order valence-corrected chi connectivity index (χ2v) is 5.53. The Morgan fingerprint density at radius 1 is 1.33 bits per heavy atom. The third-order valence-corrected chi connectivity index (χ3v) is 3.73. The molecule has 0 unspecified atom stereocenters. The Morgan fingerprint density at radius 2 is 1.95 bits per heavy atom. The molecule has 0 spiro atoms. The molecular weight excluding hydrogens is 332 g/mol. The van der Waals surface area contributed by atoms with Gasteiger partial charge in [0, 0.05) is 21.5 Å². The Labute approximate surface area is 131 Å². The molecule has 5 heteroatoms. The van der Waals surface area contributed by atoms with Gasteiger partial charge in [-0.2, -0.15) is 5.26 Å². The summed E-state index contributed by atoms with van der Waals surface area (Å²) in [6.45, 7) is 3.84. The van der Waals surface area contributed by atoms with Gasteiger partial charge in [-0.05, 0) is 55.8 Å². The van der Waals surface area contributed by atoms with Crippen molar-refractivity contribution in [3.05, 3.63) is 57.3 Å². The fraction of sp³-hybridized carbons (Fsp3) is 0.125. The van der Waals surface area contributed by atoms with E-state index in [1.807, 2.05) is 48.7 Å². The molecule has 1 aromatic carbocycles. The minimum Gasteiger partial charge on any atom is -0.477 e. The zero-order valence-corrected chi connectivity index (χ0v) is 13.2. The van der Waals surface area contributed by atoms with Crippen molar-refractivity contribution in [3.63, 3.8) is 0 Å². The van der Waals surface area contributed by atoms with Gasteiger partial charge in [0.15, 0.2) is 0 Å². The van der Waals surface area contributed by atoms with Crippen LogP contribution in [-0.4, -0.2) is 15.6 Å². The van der Waals surface area contributed by atoms with E-state index in [4.69, 9.17) is 10.4 Å². The van der Waals surface area contributed by atoms with Crippen LogP contribution in [0.5, 0.6) is 0 Å². The Bertz CT molecular complexity index is 765. The zero-order valence-electron chi connectivity index (χ0n) is 11.6. The van der Waals surface area contributed by atoms with Crippen LogP contribution in [0.25, 0.3) is 11.8 Å². The van der Waals surface area contributed by atoms with Crippen molar-refractivity contribution < 1.29 is 9.90 Å². The number of hydrogen-bond acceptors (Lipinski definition) is 2. The number of aromatic nitrogens is 1. The van der Waals surface area contributed by atoms with Crippen molar-refractivity contribution in [3.8, 4) is 11.8 Å². The number of aliphatic carboxylic acids is 1. The van der Waals surface area contributed by atoms with Crippen LogP contribution in [0.1, 0.15) is 17.0 Å². The lowest BCUT2D eigenvalue weighted by atomic mass is 10.1. The van der Waals surface area contributed by atoms with E-state index in [2.05, 4.69) is 15.9 Å². The van der Waals surface area contributed by atoms with Gasteiger partial charge in [0.25, 0.3) is 0 Å². The van der Waals surface area contributed by atoms with Crippen molar-refractivity contribution in [2.24, 2.45) is 0 Å². The Hall–Kier alpha value is -2.32. The standard InChI is InChI=1S/C16H13BrN2O2/c1-10-7-12(8-13(9-18)16(20)21)11(2)19(10)15-5-3-14(17)4-6-15/h3-8H,1-2H3,(H,20,21)/b13-8+. The monoisotopic (exact) mass is 344 g/mol. The lowest BCUT2D eigenvalue weighted by molar-refractivity contribution is -0.132. The molecule has 1 aromatic heterocycles. The summed E-state index contributed by atoms with van der Waals surface area (Å²) >= 11 is 3.40. The number of benzene rings is 1. The summed E-state index contributed by atoms with van der Waals surface area (Å²) in [5.74, 6) is -1.22. The highest BCUT2D eigenvalue weighted by Crippen LogP contribution is 2.24. The van der Waals surface area contributed by atoms with E-state index in [1.54, 1.807) is 6.07 Å². The van der Waals surface area contributed by atoms with E-state index in [-0.39, 0.29) is 5.57 Å². The second-order valence-electron chi connectivity index (χ2n) is 4.61. The number of carbonyl (C=O) groups is 1. The number of carboxylic acid groups (broad SMARTS) is 1. The van der Waals surface area contributed by atoms with Crippen LogP contribution >= 0.6 is 15.9 Å². The molecule has 0 saturated carbocycles. The largest absolute Gasteiger partial charge is 0.477 e. The highest BCUT2D eigenvalue weighted by Gasteiger charge is 2.12. The molecule has 106 valence electrons. The van der Waals surface area contributed by atoms with E-state index < -0.39 is 5.97 Å². The van der Waals surface area contributed by atoms with Crippen LogP contribution in [0, 0.1) is 25.2 Å². The number of nitrogens with zero attached hydrogens (tertiary/aromatic N) is 2. The smallest absolute Gasteiger partial charge is 0.346 e. The fourth-order valence-corrected chi connectivity index (χ4v) is 2.48. The van der Waals surface area contributed by atoms with Crippen LogP contribution in [0.4, 0.5) is 0 Å². The maximum Gasteiger partial charge on any atom is 0.346 e. The van der Waals surface area contributed by atoms with Crippen LogP contribution in [0.3, 0.4) is 0 Å². The molecule has 0 radical (unpaired) electrons. The first-order valence-electron chi connectivity index (χ1n) is 6.24. The van der Waals surface area contributed by atoms with Crippen LogP contribution in [0.2, 0.25) is 0 Å². The van der Waals surface area contributed by atoms with Crippen molar-refractivity contribution in [1.82, 2.24) is 4.57 Å². The van der Waals surface area contributed by atoms with Crippen LogP contribution < -0.4 is 0 Å². The lowest BCUT2D eigenvalue weighted by Crippen LogP contribution is -2.00. The molecular formula is C16H13BrN2O2. The van der Waals surface area contributed by atoms with Gasteiger partial charge in [0.2, 0.25) is 0 Å². The molecule has 0 amide bonds. The third kappa shape index (κ3) is 3.06. The first-order valence-corrected chi connectivity index (χ1v) is 7.03. The van der Waals surface area contributed by atoms with Crippen LogP contribution in [0.15, 0.2) is 40.4 Å². The molecule has 0 aliphatic carbocycles. The molecule has 0 saturated heterocycles. The molecule has 2 aromatic rings. The Kier molecular flexibility index (Phi) is 4.29. The van der Waals surface area contributed by atoms with Crippen LogP contribution in [-0.2, 0) is 4.79 Å². The number of rotatable bonds is 3. The summed E-state index contributed by atoms with van der Waals surface area (Å²) < 4.78 is 3.02. The summed E-state index contributed by atoms with van der Waals surface area (Å²) in [5.41, 5.74) is 3.31. The van der Waals surface area contributed by atoms with E-state index in [1.165, 1.54) is 6.08 Å². The summed E-state index contributed by atoms with van der Waals surface area (Å²) in [6.07, 6.45) is 1.40. The van der Waals surface area contributed by atoms with Gasteiger partial charge in [-0.25, -0.2) is 4.79 Å². The normalized spacial score (nSPS) is 11.2. The molecule has 1 N–H and O–H groups in total. The summed E-state index contributed by atoms with van der Waals surface area (Å²) in [7, 11) is 0. The number of hydrogen-bond donors (Lipinski definition) is 1. The van der Waals surface area contributed by atoms with Gasteiger partial charge in [-0.3, -0.25) is 0 Å². The molecule has 0 fully saturated rings. The van der Waals surface area contributed by atoms with E-state index >= 15 is 0 Å². The highest BCUT2D eigenvalue weighted by atomic mass is 79.9. The molecule has 1 heterocycles. The SMILES string of the molecule is Cc1cc(/C=C(\C#N)C(=O)O)c(C)n1-c1ccc(Br)cc1. The number of nitriles is 1. The van der Waals surface area contributed by atoms with Crippen molar-refractivity contribution in [2.75, 3.05) is 0 Å². The van der Waals surface area contributed by atoms with E-state index in [0.29, 0.717) is 0 Å². The molecule has 0 aliphatic rings. The molecule has 0 atom stereocenters. The average Bonchev–Trinajstić information content (AvgIpc) is 2.71. The van der Waals surface area contributed by atoms with Crippen molar-refractivity contribution >= 4 is 28.0 Å². The van der Waals surface area contributed by atoms with Gasteiger partial charge in [-0.15, -0.1) is 0 Å². The van der Waals surface area contributed by atoms with Gasteiger partial charge >= 0.3 is 5.97 Å². The van der Waals surface area contributed by atoms with Gasteiger partial charge in [0.05, 0.1) is 0 Å². The zero-order chi connectivity index (χ0) is 15.6. The molecule has 0 aliphatic heterocycles. The van der Waals surface area contributed by atoms with E-state index in [9.17, 15) is 4.79 Å². The topological polar surface area (TPSA) is 66.0 Å². The molecule has 2 rings (SSSR count). The molecule has 21 heavy (non-hydrogen) atoms. The van der Waals surface area contributed by atoms with Gasteiger partial charge in [0.1, 0.15) is 11.6 Å². The number of aryl methyl sites for hydroxylation is 1. The van der Waals surface area contributed by atoms with E-state index in [0.717, 1.165) is 27.1 Å². The first-order chi connectivity index (χ1) is 9.93. The minimum absolute atomic E-state index is 0.272. The number of halogens is 1. The van der Waals surface area contributed by atoms with Gasteiger partial charge in [-0.1, -0.05) is 15.9 Å². The first kappa shape index (κ1) is 15.1. The van der Waals surface area contributed by atoms with Crippen molar-refractivity contribution in [2.45, 2.75) is 13.8 Å². The van der Waals surface area contributed by atoms with Gasteiger partial charge < -0.3 is 9.67 Å². The quantitative estimate of drug-likeness (QED) is 0.679. The predicted molar refractivity (Wildman–Crippen MR) is 84.2 cm³/mol. The second kappa shape index (κ2) is 5.98. The average molecular weight is 345 g/mol. The number of carboxylic acids is 1. The summed E-state index contributed by atoms with van der Waals surface area (Å²) in [6, 6.07) is 11.4. The maximum absolute atomic E-state index is 10.9. The fourth-order valence-electron chi connectivity index (χ4n) is 2.22. The molecule has 4 nitrogen and oxygen atoms in total. The Balaban J connectivity index is 2.55. The van der Waals surface area contributed by atoms with Crippen molar-refractivity contribution in [1.29, 1.82) is 5.26 Å². The lowest BCUT2D eigenvalue weighted by Gasteiger charge is -2.09. The summed E-state index contributed by atoms with van der Waals surface area (Å²) in [5, 5.41) is 17.8. The molecule has 0 bridgehead atoms. The Morgan fingerprint density at radius 3 is 2.48 bits per heavy atom. The predicted octanol–water partition coefficient (Wildman–Crippen LogP) is 3.85. The minimum atomic E-state index is -1.22. The summed E-state index contributed by atoms with van der Waals surface area (Å²) in [4.78, 5) is 10.9. The third-order valence-electron chi connectivity index (χ3n) is 3.21. The highest BCUT2D eigenvalue weighted by molar-refractivity contribution is 9.10.